The highest BCUT2D eigenvalue weighted by Crippen LogP contribution is 2.28. The Morgan fingerprint density at radius 2 is 2.20 bits per heavy atom. The number of nitrogens with zero attached hydrogens (tertiary/aromatic N) is 2. The van der Waals surface area contributed by atoms with E-state index in [0.717, 1.165) is 30.3 Å². The molecule has 1 aromatic heterocycles. The van der Waals surface area contributed by atoms with Crippen LogP contribution in [0.3, 0.4) is 0 Å². The number of carbonyl (C=O) groups is 1. The first-order valence-corrected chi connectivity index (χ1v) is 7.56. The molecule has 20 heavy (non-hydrogen) atoms. The molecule has 0 atom stereocenters. The Bertz CT molecular complexity index is 609. The lowest BCUT2D eigenvalue weighted by Gasteiger charge is -2.24. The molecule has 1 N–H and O–H groups in total. The first-order valence-electron chi connectivity index (χ1n) is 6.74. The summed E-state index contributed by atoms with van der Waals surface area (Å²) in [5.41, 5.74) is 2.38. The zero-order valence-electron chi connectivity index (χ0n) is 11.4. The number of nitrogens with one attached hydrogen (secondary N) is 1. The van der Waals surface area contributed by atoms with Gasteiger partial charge in [-0.05, 0) is 5.56 Å². The maximum atomic E-state index is 11.4. The molecule has 0 aliphatic carbocycles. The van der Waals surface area contributed by atoms with Gasteiger partial charge in [0.25, 0.3) is 0 Å². The third-order valence-electron chi connectivity index (χ3n) is 3.46. The first-order chi connectivity index (χ1) is 9.72. The van der Waals surface area contributed by atoms with E-state index in [0.29, 0.717) is 6.54 Å². The van der Waals surface area contributed by atoms with E-state index in [1.807, 2.05) is 23.1 Å². The molecule has 5 heteroatoms. The second-order valence-corrected chi connectivity index (χ2v) is 6.00. The maximum absolute atomic E-state index is 11.4. The van der Waals surface area contributed by atoms with Gasteiger partial charge < -0.3 is 10.2 Å². The summed E-state index contributed by atoms with van der Waals surface area (Å²) in [4.78, 5) is 19.1. The molecule has 104 valence electrons. The van der Waals surface area contributed by atoms with Gasteiger partial charge >= 0.3 is 0 Å². The van der Waals surface area contributed by atoms with Crippen LogP contribution in [0.15, 0.2) is 30.3 Å². The van der Waals surface area contributed by atoms with Crippen LogP contribution in [-0.4, -0.2) is 22.3 Å². The van der Waals surface area contributed by atoms with Gasteiger partial charge in [0.05, 0.1) is 12.2 Å². The van der Waals surface area contributed by atoms with E-state index < -0.39 is 0 Å². The Labute approximate surface area is 122 Å². The Kier molecular flexibility index (Phi) is 3.69. The van der Waals surface area contributed by atoms with E-state index in [4.69, 9.17) is 0 Å². The zero-order chi connectivity index (χ0) is 13.9. The van der Waals surface area contributed by atoms with Gasteiger partial charge in [0, 0.05) is 31.3 Å². The van der Waals surface area contributed by atoms with Gasteiger partial charge in [-0.2, -0.15) is 0 Å². The highest BCUT2D eigenvalue weighted by Gasteiger charge is 2.21. The number of rotatable bonds is 3. The smallest absolute Gasteiger partial charge is 0.219 e. The number of hydrogen-bond acceptors (Lipinski definition) is 4. The minimum absolute atomic E-state index is 0.142. The number of benzene rings is 1. The van der Waals surface area contributed by atoms with Crippen molar-refractivity contribution in [3.8, 4) is 0 Å². The molecular formula is C15H17N3OS. The number of fused-ring (bicyclic) bond motifs is 1. The molecule has 0 bridgehead atoms. The van der Waals surface area contributed by atoms with Gasteiger partial charge in [-0.1, -0.05) is 41.7 Å². The normalized spacial score (nSPS) is 13.9. The van der Waals surface area contributed by atoms with Crippen LogP contribution in [-0.2, 0) is 24.3 Å². The second-order valence-electron chi connectivity index (χ2n) is 4.92. The van der Waals surface area contributed by atoms with Gasteiger partial charge in [-0.25, -0.2) is 4.98 Å². The zero-order valence-corrected chi connectivity index (χ0v) is 12.2. The van der Waals surface area contributed by atoms with E-state index in [9.17, 15) is 4.79 Å². The fraction of sp³-hybridized carbons (Fsp3) is 0.333. The van der Waals surface area contributed by atoms with Crippen LogP contribution in [0.1, 0.15) is 23.1 Å². The van der Waals surface area contributed by atoms with Crippen LogP contribution in [0.4, 0.5) is 5.13 Å². The third kappa shape index (κ3) is 2.82. The van der Waals surface area contributed by atoms with Crippen molar-refractivity contribution >= 4 is 22.4 Å². The molecule has 3 rings (SSSR count). The van der Waals surface area contributed by atoms with Crippen LogP contribution in [0, 0.1) is 0 Å². The standard InChI is InChI=1S/C15H17N3OS/c1-11(19)18-8-7-13-14(10-18)20-15(17-13)16-9-12-5-3-2-4-6-12/h2-6H,7-10H2,1H3,(H,16,17). The van der Waals surface area contributed by atoms with Gasteiger partial charge in [0.2, 0.25) is 5.91 Å². The number of thiazole rings is 1. The Balaban J connectivity index is 1.67. The van der Waals surface area contributed by atoms with Crippen LogP contribution >= 0.6 is 11.3 Å². The Morgan fingerprint density at radius 3 is 2.95 bits per heavy atom. The van der Waals surface area contributed by atoms with Crippen molar-refractivity contribution in [1.82, 2.24) is 9.88 Å². The molecule has 0 fully saturated rings. The SMILES string of the molecule is CC(=O)N1CCc2nc(NCc3ccccc3)sc2C1. The molecule has 1 amide bonds. The number of hydrogen-bond donors (Lipinski definition) is 1. The van der Waals surface area contributed by atoms with Crippen molar-refractivity contribution in [2.45, 2.75) is 26.4 Å². The second kappa shape index (κ2) is 5.63. The van der Waals surface area contributed by atoms with Crippen molar-refractivity contribution in [3.63, 3.8) is 0 Å². The van der Waals surface area contributed by atoms with E-state index in [1.54, 1.807) is 18.3 Å². The summed E-state index contributed by atoms with van der Waals surface area (Å²) in [6.07, 6.45) is 0.860. The summed E-state index contributed by atoms with van der Waals surface area (Å²) in [6, 6.07) is 10.3. The van der Waals surface area contributed by atoms with Crippen LogP contribution in [0.25, 0.3) is 0 Å². The third-order valence-corrected chi connectivity index (χ3v) is 4.50. The van der Waals surface area contributed by atoms with Crippen molar-refractivity contribution in [2.24, 2.45) is 0 Å². The molecule has 0 spiro atoms. The largest absolute Gasteiger partial charge is 0.357 e. The summed E-state index contributed by atoms with van der Waals surface area (Å²) in [5.74, 6) is 0.142. The van der Waals surface area contributed by atoms with Crippen molar-refractivity contribution < 1.29 is 4.79 Å². The first kappa shape index (κ1) is 13.1. The van der Waals surface area contributed by atoms with Crippen molar-refractivity contribution in [3.05, 3.63) is 46.5 Å². The van der Waals surface area contributed by atoms with Crippen LogP contribution in [0.2, 0.25) is 0 Å². The summed E-state index contributed by atoms with van der Waals surface area (Å²) < 4.78 is 0. The fourth-order valence-corrected chi connectivity index (χ4v) is 3.33. The van der Waals surface area contributed by atoms with E-state index in [-0.39, 0.29) is 5.91 Å². The Morgan fingerprint density at radius 1 is 1.40 bits per heavy atom. The molecule has 0 unspecified atom stereocenters. The molecule has 2 aromatic rings. The van der Waals surface area contributed by atoms with Gasteiger partial charge in [-0.15, -0.1) is 0 Å². The predicted octanol–water partition coefficient (Wildman–Crippen LogP) is 2.66. The van der Waals surface area contributed by atoms with Gasteiger partial charge in [-0.3, -0.25) is 4.79 Å². The summed E-state index contributed by atoms with van der Waals surface area (Å²) in [6.45, 7) is 3.89. The molecule has 1 aromatic carbocycles. The monoisotopic (exact) mass is 287 g/mol. The summed E-state index contributed by atoms with van der Waals surface area (Å²) >= 11 is 1.66. The van der Waals surface area contributed by atoms with Crippen LogP contribution in [0.5, 0.6) is 0 Å². The quantitative estimate of drug-likeness (QED) is 0.944. The summed E-state index contributed by atoms with van der Waals surface area (Å²) in [7, 11) is 0. The highest BCUT2D eigenvalue weighted by atomic mass is 32.1. The lowest BCUT2D eigenvalue weighted by atomic mass is 10.2. The number of anilines is 1. The number of carbonyl (C=O) groups excluding carboxylic acids is 1. The number of amides is 1. The predicted molar refractivity (Wildman–Crippen MR) is 80.7 cm³/mol. The number of aromatic nitrogens is 1. The van der Waals surface area contributed by atoms with E-state index in [1.165, 1.54) is 10.4 Å². The van der Waals surface area contributed by atoms with Crippen molar-refractivity contribution in [1.29, 1.82) is 0 Å². The molecular weight excluding hydrogens is 270 g/mol. The molecule has 1 aliphatic heterocycles. The minimum Gasteiger partial charge on any atom is -0.357 e. The molecule has 1 aliphatic rings. The van der Waals surface area contributed by atoms with Gasteiger partial charge in [0.15, 0.2) is 5.13 Å². The minimum atomic E-state index is 0.142. The lowest BCUT2D eigenvalue weighted by Crippen LogP contribution is -2.33. The van der Waals surface area contributed by atoms with E-state index >= 15 is 0 Å². The molecule has 0 saturated heterocycles. The lowest BCUT2D eigenvalue weighted by molar-refractivity contribution is -0.129. The van der Waals surface area contributed by atoms with E-state index in [2.05, 4.69) is 22.4 Å². The molecule has 0 radical (unpaired) electrons. The molecule has 2 heterocycles. The molecule has 4 nitrogen and oxygen atoms in total. The van der Waals surface area contributed by atoms with Gasteiger partial charge in [0.1, 0.15) is 0 Å². The van der Waals surface area contributed by atoms with Crippen molar-refractivity contribution in [2.75, 3.05) is 11.9 Å². The maximum Gasteiger partial charge on any atom is 0.219 e. The van der Waals surface area contributed by atoms with Crippen LogP contribution < -0.4 is 5.32 Å². The average molecular weight is 287 g/mol. The topological polar surface area (TPSA) is 45.2 Å². The highest BCUT2D eigenvalue weighted by molar-refractivity contribution is 7.15. The molecule has 0 saturated carbocycles. The Hall–Kier alpha value is -1.88. The summed E-state index contributed by atoms with van der Waals surface area (Å²) in [5, 5.41) is 4.31. The fourth-order valence-electron chi connectivity index (χ4n) is 2.31. The average Bonchev–Trinajstić information content (AvgIpc) is 2.88.